The standard InChI is InChI=1S/C21H34N2O.ClH/c1-16(18-10-12-22-13-11-18)14-20(24)23-17(2)15-21(3,4)19-8-6-5-7-9-19;/h5-9,16-18,22H,10-15H2,1-4H3,(H,23,24);1H. The Hall–Kier alpha value is -1.06. The van der Waals surface area contributed by atoms with E-state index in [2.05, 4.69) is 62.6 Å². The molecule has 25 heavy (non-hydrogen) atoms. The molecule has 0 saturated carbocycles. The maximum Gasteiger partial charge on any atom is 0.220 e. The van der Waals surface area contributed by atoms with Gasteiger partial charge in [0.2, 0.25) is 5.91 Å². The summed E-state index contributed by atoms with van der Waals surface area (Å²) < 4.78 is 0. The van der Waals surface area contributed by atoms with Crippen LogP contribution in [0.4, 0.5) is 0 Å². The second-order valence-electron chi connectivity index (χ2n) is 8.19. The van der Waals surface area contributed by atoms with Crippen molar-refractivity contribution in [2.75, 3.05) is 13.1 Å². The van der Waals surface area contributed by atoms with Crippen LogP contribution in [0.2, 0.25) is 0 Å². The summed E-state index contributed by atoms with van der Waals surface area (Å²) in [5.41, 5.74) is 1.39. The number of hydrogen-bond donors (Lipinski definition) is 2. The smallest absolute Gasteiger partial charge is 0.220 e. The van der Waals surface area contributed by atoms with Crippen LogP contribution in [0.15, 0.2) is 30.3 Å². The number of benzene rings is 1. The predicted octanol–water partition coefficient (Wildman–Crippen LogP) is 4.31. The van der Waals surface area contributed by atoms with E-state index in [-0.39, 0.29) is 29.8 Å². The fourth-order valence-corrected chi connectivity index (χ4v) is 4.03. The maximum absolute atomic E-state index is 12.4. The van der Waals surface area contributed by atoms with Crippen molar-refractivity contribution in [1.82, 2.24) is 10.6 Å². The molecule has 2 atom stereocenters. The SMILES string of the molecule is CC(CC(C)(C)c1ccccc1)NC(=O)CC(C)C1CCNCC1.Cl. The maximum atomic E-state index is 12.4. The Morgan fingerprint density at radius 2 is 1.80 bits per heavy atom. The van der Waals surface area contributed by atoms with Crippen molar-refractivity contribution in [3.05, 3.63) is 35.9 Å². The third kappa shape index (κ3) is 6.99. The van der Waals surface area contributed by atoms with Crippen LogP contribution < -0.4 is 10.6 Å². The lowest BCUT2D eigenvalue weighted by Crippen LogP contribution is -2.39. The van der Waals surface area contributed by atoms with Crippen molar-refractivity contribution in [2.24, 2.45) is 11.8 Å². The summed E-state index contributed by atoms with van der Waals surface area (Å²) in [4.78, 5) is 12.4. The summed E-state index contributed by atoms with van der Waals surface area (Å²) in [6, 6.07) is 10.8. The molecule has 142 valence electrons. The van der Waals surface area contributed by atoms with Gasteiger partial charge in [-0.1, -0.05) is 51.1 Å². The van der Waals surface area contributed by atoms with Crippen LogP contribution in [0, 0.1) is 11.8 Å². The van der Waals surface area contributed by atoms with Gasteiger partial charge in [-0.25, -0.2) is 0 Å². The van der Waals surface area contributed by atoms with Crippen molar-refractivity contribution >= 4 is 18.3 Å². The number of carbonyl (C=O) groups is 1. The van der Waals surface area contributed by atoms with E-state index in [9.17, 15) is 4.79 Å². The number of carbonyl (C=O) groups excluding carboxylic acids is 1. The first-order chi connectivity index (χ1) is 11.4. The van der Waals surface area contributed by atoms with Crippen LogP contribution in [-0.2, 0) is 10.2 Å². The molecule has 1 aliphatic rings. The number of halogens is 1. The highest BCUT2D eigenvalue weighted by Crippen LogP contribution is 2.28. The van der Waals surface area contributed by atoms with Gasteiger partial charge in [-0.3, -0.25) is 4.79 Å². The van der Waals surface area contributed by atoms with Gasteiger partial charge in [0, 0.05) is 12.5 Å². The van der Waals surface area contributed by atoms with Gasteiger partial charge in [0.05, 0.1) is 0 Å². The Kier molecular flexibility index (Phi) is 8.95. The highest BCUT2D eigenvalue weighted by molar-refractivity contribution is 5.85. The number of amides is 1. The molecule has 3 nitrogen and oxygen atoms in total. The molecule has 0 aromatic heterocycles. The van der Waals surface area contributed by atoms with Gasteiger partial charge in [0.1, 0.15) is 0 Å². The molecule has 2 rings (SSSR count). The molecule has 0 spiro atoms. The van der Waals surface area contributed by atoms with Gasteiger partial charge in [0.15, 0.2) is 0 Å². The summed E-state index contributed by atoms with van der Waals surface area (Å²) in [5, 5.41) is 6.62. The summed E-state index contributed by atoms with van der Waals surface area (Å²) >= 11 is 0. The summed E-state index contributed by atoms with van der Waals surface area (Å²) in [6.45, 7) is 11.0. The highest BCUT2D eigenvalue weighted by atomic mass is 35.5. The van der Waals surface area contributed by atoms with Crippen LogP contribution >= 0.6 is 12.4 Å². The second-order valence-corrected chi connectivity index (χ2v) is 8.19. The Labute approximate surface area is 159 Å². The largest absolute Gasteiger partial charge is 0.354 e. The van der Waals surface area contributed by atoms with E-state index >= 15 is 0 Å². The van der Waals surface area contributed by atoms with Crippen LogP contribution in [0.3, 0.4) is 0 Å². The van der Waals surface area contributed by atoms with Crippen LogP contribution in [0.1, 0.15) is 58.9 Å². The lowest BCUT2D eigenvalue weighted by Gasteiger charge is -2.30. The molecule has 1 saturated heterocycles. The quantitative estimate of drug-likeness (QED) is 0.755. The van der Waals surface area contributed by atoms with Gasteiger partial charge in [0.25, 0.3) is 0 Å². The third-order valence-corrected chi connectivity index (χ3v) is 5.48. The van der Waals surface area contributed by atoms with E-state index in [0.717, 1.165) is 19.5 Å². The van der Waals surface area contributed by atoms with Gasteiger partial charge >= 0.3 is 0 Å². The van der Waals surface area contributed by atoms with E-state index < -0.39 is 0 Å². The Balaban J connectivity index is 0.00000312. The molecular weight excluding hydrogens is 332 g/mol. The van der Waals surface area contributed by atoms with E-state index in [0.29, 0.717) is 18.3 Å². The summed E-state index contributed by atoms with van der Waals surface area (Å²) in [7, 11) is 0. The molecule has 0 radical (unpaired) electrons. The third-order valence-electron chi connectivity index (χ3n) is 5.48. The molecule has 1 amide bonds. The first-order valence-electron chi connectivity index (χ1n) is 9.44. The molecule has 4 heteroatoms. The van der Waals surface area contributed by atoms with Gasteiger partial charge in [-0.2, -0.15) is 0 Å². The number of hydrogen-bond acceptors (Lipinski definition) is 2. The monoisotopic (exact) mass is 366 g/mol. The minimum atomic E-state index is 0. The lowest BCUT2D eigenvalue weighted by molar-refractivity contribution is -0.123. The van der Waals surface area contributed by atoms with E-state index in [1.165, 1.54) is 18.4 Å². The lowest BCUT2D eigenvalue weighted by atomic mass is 9.79. The minimum Gasteiger partial charge on any atom is -0.354 e. The Bertz CT molecular complexity index is 512. The van der Waals surface area contributed by atoms with Crippen LogP contribution in [0.5, 0.6) is 0 Å². The van der Waals surface area contributed by atoms with Crippen molar-refractivity contribution in [1.29, 1.82) is 0 Å². The molecule has 2 unspecified atom stereocenters. The molecule has 1 aromatic carbocycles. The van der Waals surface area contributed by atoms with Gasteiger partial charge < -0.3 is 10.6 Å². The van der Waals surface area contributed by atoms with E-state index in [4.69, 9.17) is 0 Å². The minimum absolute atomic E-state index is 0. The number of rotatable bonds is 7. The Morgan fingerprint density at radius 1 is 1.20 bits per heavy atom. The first kappa shape index (κ1) is 22.0. The summed E-state index contributed by atoms with van der Waals surface area (Å²) in [5.74, 6) is 1.37. The number of nitrogens with one attached hydrogen (secondary N) is 2. The molecular formula is C21H35ClN2O. The molecule has 0 aliphatic carbocycles. The topological polar surface area (TPSA) is 41.1 Å². The molecule has 1 aliphatic heterocycles. The van der Waals surface area contributed by atoms with Gasteiger partial charge in [-0.05, 0) is 62.1 Å². The molecule has 1 fully saturated rings. The predicted molar refractivity (Wildman–Crippen MR) is 108 cm³/mol. The highest BCUT2D eigenvalue weighted by Gasteiger charge is 2.26. The molecule has 1 aromatic rings. The van der Waals surface area contributed by atoms with Crippen molar-refractivity contribution in [3.8, 4) is 0 Å². The zero-order valence-corrected chi connectivity index (χ0v) is 17.0. The van der Waals surface area contributed by atoms with Crippen molar-refractivity contribution in [2.45, 2.75) is 64.8 Å². The fraction of sp³-hybridized carbons (Fsp3) is 0.667. The second kappa shape index (κ2) is 10.2. The van der Waals surface area contributed by atoms with Crippen molar-refractivity contribution < 1.29 is 4.79 Å². The average Bonchev–Trinajstić information content (AvgIpc) is 2.55. The fourth-order valence-electron chi connectivity index (χ4n) is 4.03. The Morgan fingerprint density at radius 3 is 2.40 bits per heavy atom. The summed E-state index contributed by atoms with van der Waals surface area (Å²) in [6.07, 6.45) is 4.00. The molecule has 1 heterocycles. The number of piperidine rings is 1. The zero-order valence-electron chi connectivity index (χ0n) is 16.2. The first-order valence-corrected chi connectivity index (χ1v) is 9.44. The van der Waals surface area contributed by atoms with E-state index in [1.807, 2.05) is 6.07 Å². The van der Waals surface area contributed by atoms with Gasteiger partial charge in [-0.15, -0.1) is 12.4 Å². The normalized spacial score (nSPS) is 18.1. The average molecular weight is 367 g/mol. The van der Waals surface area contributed by atoms with Crippen LogP contribution in [-0.4, -0.2) is 25.0 Å². The zero-order chi connectivity index (χ0) is 17.6. The molecule has 2 N–H and O–H groups in total. The van der Waals surface area contributed by atoms with Crippen LogP contribution in [0.25, 0.3) is 0 Å². The van der Waals surface area contributed by atoms with E-state index in [1.54, 1.807) is 0 Å². The molecule has 0 bridgehead atoms. The van der Waals surface area contributed by atoms with Crippen molar-refractivity contribution in [3.63, 3.8) is 0 Å².